The maximum absolute atomic E-state index is 12.6. The largest absolute Gasteiger partial charge is 0.467 e. The van der Waals surface area contributed by atoms with Crippen molar-refractivity contribution in [3.63, 3.8) is 0 Å². The molecule has 23 heavy (non-hydrogen) atoms. The summed E-state index contributed by atoms with van der Waals surface area (Å²) in [6.45, 7) is 10.5. The van der Waals surface area contributed by atoms with Crippen LogP contribution in [0.5, 0.6) is 0 Å². The van der Waals surface area contributed by atoms with Gasteiger partial charge in [-0.25, -0.2) is 9.59 Å². The van der Waals surface area contributed by atoms with Crippen LogP contribution in [-0.4, -0.2) is 66.7 Å². The molecule has 0 unspecified atom stereocenters. The van der Waals surface area contributed by atoms with Gasteiger partial charge in [0.1, 0.15) is 17.7 Å². The average molecular weight is 330 g/mol. The van der Waals surface area contributed by atoms with E-state index in [4.69, 9.17) is 9.47 Å². The Morgan fingerprint density at radius 1 is 0.957 bits per heavy atom. The number of esters is 1. The molecule has 0 radical (unpaired) electrons. The molecule has 0 aliphatic rings. The molecule has 134 valence electrons. The van der Waals surface area contributed by atoms with Crippen molar-refractivity contribution < 1.29 is 23.9 Å². The van der Waals surface area contributed by atoms with Crippen LogP contribution in [0.25, 0.3) is 0 Å². The zero-order valence-electron chi connectivity index (χ0n) is 15.7. The summed E-state index contributed by atoms with van der Waals surface area (Å²) in [7, 11) is 4.31. The highest BCUT2D eigenvalue weighted by molar-refractivity contribution is 5.89. The normalized spacial score (nSPS) is 14.0. The number of nitrogens with zero attached hydrogens (tertiary/aromatic N) is 2. The van der Waals surface area contributed by atoms with E-state index in [1.165, 1.54) is 31.0 Å². The van der Waals surface area contributed by atoms with Crippen LogP contribution >= 0.6 is 0 Å². The van der Waals surface area contributed by atoms with Crippen molar-refractivity contribution in [3.05, 3.63) is 0 Å². The van der Waals surface area contributed by atoms with Crippen LogP contribution in [0.15, 0.2) is 0 Å². The highest BCUT2D eigenvalue weighted by Gasteiger charge is 2.35. The molecule has 0 saturated carbocycles. The Bertz CT molecular complexity index is 442. The zero-order valence-corrected chi connectivity index (χ0v) is 15.7. The fourth-order valence-corrected chi connectivity index (χ4v) is 2.09. The summed E-state index contributed by atoms with van der Waals surface area (Å²) in [6.07, 6.45) is -0.592. The smallest absolute Gasteiger partial charge is 0.410 e. The summed E-state index contributed by atoms with van der Waals surface area (Å²) in [6, 6.07) is -1.47. The van der Waals surface area contributed by atoms with Gasteiger partial charge >= 0.3 is 12.1 Å². The number of amides is 2. The molecule has 7 heteroatoms. The minimum atomic E-state index is -0.763. The molecule has 0 heterocycles. The Hall–Kier alpha value is -1.79. The van der Waals surface area contributed by atoms with Crippen molar-refractivity contribution >= 4 is 18.0 Å². The molecule has 0 aromatic carbocycles. The van der Waals surface area contributed by atoms with Crippen LogP contribution in [0, 0.1) is 5.92 Å². The number of methoxy groups -OCH3 is 1. The number of ether oxygens (including phenoxy) is 2. The monoisotopic (exact) mass is 330 g/mol. The minimum Gasteiger partial charge on any atom is -0.467 e. The summed E-state index contributed by atoms with van der Waals surface area (Å²) in [5.74, 6) is -0.958. The molecule has 0 bridgehead atoms. The van der Waals surface area contributed by atoms with Crippen molar-refractivity contribution in [3.8, 4) is 0 Å². The average Bonchev–Trinajstić information content (AvgIpc) is 2.42. The summed E-state index contributed by atoms with van der Waals surface area (Å²) < 4.78 is 10.0. The Kier molecular flexibility index (Phi) is 7.54. The zero-order chi connectivity index (χ0) is 18.5. The van der Waals surface area contributed by atoms with E-state index in [2.05, 4.69) is 0 Å². The Balaban J connectivity index is 5.12. The SMILES string of the molecule is COC(=O)[C@H](C(C)C)N(C)C(=O)[C@@H](C)N(C)C(=O)OC(C)(C)C. The molecule has 0 saturated heterocycles. The Morgan fingerprint density at radius 2 is 1.43 bits per heavy atom. The fourth-order valence-electron chi connectivity index (χ4n) is 2.09. The van der Waals surface area contributed by atoms with Gasteiger partial charge in [0.15, 0.2) is 0 Å². The van der Waals surface area contributed by atoms with Gasteiger partial charge in [-0.15, -0.1) is 0 Å². The van der Waals surface area contributed by atoms with Crippen LogP contribution in [0.4, 0.5) is 4.79 Å². The first-order chi connectivity index (χ1) is 10.3. The molecule has 0 aromatic heterocycles. The van der Waals surface area contributed by atoms with E-state index in [0.717, 1.165) is 0 Å². The summed E-state index contributed by atoms with van der Waals surface area (Å²) in [5.41, 5.74) is -0.646. The van der Waals surface area contributed by atoms with E-state index in [1.807, 2.05) is 13.8 Å². The van der Waals surface area contributed by atoms with Gasteiger partial charge in [0.2, 0.25) is 5.91 Å². The predicted molar refractivity (Wildman–Crippen MR) is 86.9 cm³/mol. The molecular formula is C16H30N2O5. The number of carbonyl (C=O) groups is 3. The third-order valence-corrected chi connectivity index (χ3v) is 3.46. The summed E-state index contributed by atoms with van der Waals surface area (Å²) in [4.78, 5) is 39.1. The van der Waals surface area contributed by atoms with Gasteiger partial charge in [-0.1, -0.05) is 13.8 Å². The van der Waals surface area contributed by atoms with E-state index >= 15 is 0 Å². The highest BCUT2D eigenvalue weighted by atomic mass is 16.6. The first-order valence-electron chi connectivity index (χ1n) is 7.63. The predicted octanol–water partition coefficient (Wildman–Crippen LogP) is 1.90. The van der Waals surface area contributed by atoms with E-state index < -0.39 is 29.7 Å². The van der Waals surface area contributed by atoms with Crippen LogP contribution in [-0.2, 0) is 19.1 Å². The molecule has 0 aromatic rings. The number of carbonyl (C=O) groups excluding carboxylic acids is 3. The Labute approximate surface area is 138 Å². The Morgan fingerprint density at radius 3 is 1.78 bits per heavy atom. The van der Waals surface area contributed by atoms with Crippen LogP contribution in [0.2, 0.25) is 0 Å². The van der Waals surface area contributed by atoms with Gasteiger partial charge < -0.3 is 14.4 Å². The fraction of sp³-hybridized carbons (Fsp3) is 0.812. The summed E-state index contributed by atoms with van der Waals surface area (Å²) >= 11 is 0. The van der Waals surface area contributed by atoms with Gasteiger partial charge in [-0.2, -0.15) is 0 Å². The summed E-state index contributed by atoms with van der Waals surface area (Å²) in [5, 5.41) is 0. The minimum absolute atomic E-state index is 0.115. The first kappa shape index (κ1) is 21.2. The topological polar surface area (TPSA) is 76.2 Å². The van der Waals surface area contributed by atoms with Gasteiger partial charge in [0.25, 0.3) is 0 Å². The van der Waals surface area contributed by atoms with Crippen molar-refractivity contribution in [2.24, 2.45) is 5.92 Å². The molecule has 2 amide bonds. The standard InChI is InChI=1S/C16H30N2O5/c1-10(2)12(14(20)22-9)18(8)13(19)11(3)17(7)15(21)23-16(4,5)6/h10-12H,1-9H3/t11-,12+/m1/s1. The van der Waals surface area contributed by atoms with Crippen molar-refractivity contribution in [2.45, 2.75) is 59.2 Å². The van der Waals surface area contributed by atoms with Crippen LogP contribution < -0.4 is 0 Å². The quantitative estimate of drug-likeness (QED) is 0.720. The second-order valence-electron chi connectivity index (χ2n) is 6.93. The molecule has 0 aliphatic carbocycles. The lowest BCUT2D eigenvalue weighted by Crippen LogP contribution is -2.53. The number of hydrogen-bond donors (Lipinski definition) is 0. The van der Waals surface area contributed by atoms with E-state index in [0.29, 0.717) is 0 Å². The van der Waals surface area contributed by atoms with Gasteiger partial charge in [-0.3, -0.25) is 9.69 Å². The second kappa shape index (κ2) is 8.17. The van der Waals surface area contributed by atoms with Gasteiger partial charge in [0.05, 0.1) is 7.11 Å². The van der Waals surface area contributed by atoms with Crippen molar-refractivity contribution in [2.75, 3.05) is 21.2 Å². The van der Waals surface area contributed by atoms with Crippen LogP contribution in [0.3, 0.4) is 0 Å². The lowest BCUT2D eigenvalue weighted by atomic mass is 10.0. The molecule has 0 N–H and O–H groups in total. The number of rotatable bonds is 5. The molecule has 0 rings (SSSR count). The second-order valence-corrected chi connectivity index (χ2v) is 6.93. The highest BCUT2D eigenvalue weighted by Crippen LogP contribution is 2.15. The maximum Gasteiger partial charge on any atom is 0.410 e. The first-order valence-corrected chi connectivity index (χ1v) is 7.63. The lowest BCUT2D eigenvalue weighted by Gasteiger charge is -2.34. The lowest BCUT2D eigenvalue weighted by molar-refractivity contribution is -0.155. The maximum atomic E-state index is 12.6. The van der Waals surface area contributed by atoms with E-state index in [1.54, 1.807) is 27.7 Å². The molecule has 0 spiro atoms. The third kappa shape index (κ3) is 6.08. The number of likely N-dealkylation sites (N-methyl/N-ethyl adjacent to an activating group) is 2. The van der Waals surface area contributed by atoms with Crippen molar-refractivity contribution in [1.29, 1.82) is 0 Å². The molecule has 2 atom stereocenters. The molecule has 0 fully saturated rings. The van der Waals surface area contributed by atoms with Crippen LogP contribution in [0.1, 0.15) is 41.5 Å². The molecular weight excluding hydrogens is 300 g/mol. The number of hydrogen-bond acceptors (Lipinski definition) is 5. The molecule has 7 nitrogen and oxygen atoms in total. The third-order valence-electron chi connectivity index (χ3n) is 3.46. The van der Waals surface area contributed by atoms with Crippen molar-refractivity contribution in [1.82, 2.24) is 9.80 Å². The van der Waals surface area contributed by atoms with Gasteiger partial charge in [0, 0.05) is 14.1 Å². The van der Waals surface area contributed by atoms with E-state index in [9.17, 15) is 14.4 Å². The van der Waals surface area contributed by atoms with Gasteiger partial charge in [-0.05, 0) is 33.6 Å². The molecule has 0 aliphatic heterocycles. The van der Waals surface area contributed by atoms with E-state index in [-0.39, 0.29) is 11.8 Å².